The third kappa shape index (κ3) is 7.09. The number of aliphatic hydroxyl groups excluding tert-OH is 1. The molecule has 1 saturated heterocycles. The molecule has 2 rings (SSSR count). The van der Waals surface area contributed by atoms with Gasteiger partial charge in [0, 0.05) is 12.0 Å². The first kappa shape index (κ1) is 20.3. The van der Waals surface area contributed by atoms with Gasteiger partial charge in [-0.1, -0.05) is 75.8 Å². The van der Waals surface area contributed by atoms with Gasteiger partial charge < -0.3 is 15.2 Å². The summed E-state index contributed by atoms with van der Waals surface area (Å²) in [5.74, 6) is 6.41. The zero-order chi connectivity index (χ0) is 18.6. The molecule has 2 N–H and O–H groups in total. The van der Waals surface area contributed by atoms with E-state index in [1.54, 1.807) is 0 Å². The van der Waals surface area contributed by atoms with Crippen LogP contribution < -0.4 is 5.32 Å². The standard InChI is InChI=1S/C22H31NO3/c1-2-3-4-5-6-7-8-9-10-11-13-18-14-12-15-19(16-18)21(24)20-17-26-22(25)23-20/h12,14-16,20-21,24H,2-10,17H2,1H3,(H,23,25). The Hall–Kier alpha value is -1.99. The van der Waals surface area contributed by atoms with Crippen molar-refractivity contribution in [2.24, 2.45) is 0 Å². The van der Waals surface area contributed by atoms with E-state index in [2.05, 4.69) is 24.1 Å². The van der Waals surface area contributed by atoms with Crippen molar-refractivity contribution in [1.29, 1.82) is 0 Å². The Kier molecular flexibility index (Phi) is 9.06. The molecule has 1 aliphatic rings. The molecule has 0 aromatic heterocycles. The highest BCUT2D eigenvalue weighted by atomic mass is 16.6. The van der Waals surface area contributed by atoms with E-state index < -0.39 is 18.2 Å². The van der Waals surface area contributed by atoms with Crippen LogP contribution in [-0.4, -0.2) is 23.8 Å². The molecule has 0 bridgehead atoms. The van der Waals surface area contributed by atoms with E-state index in [1.807, 2.05) is 24.3 Å². The number of amides is 1. The van der Waals surface area contributed by atoms with Gasteiger partial charge in [-0.05, 0) is 24.1 Å². The Morgan fingerprint density at radius 2 is 1.92 bits per heavy atom. The van der Waals surface area contributed by atoms with E-state index in [4.69, 9.17) is 4.74 Å². The van der Waals surface area contributed by atoms with Crippen LogP contribution in [0.4, 0.5) is 4.79 Å². The normalized spacial score (nSPS) is 17.2. The van der Waals surface area contributed by atoms with Gasteiger partial charge in [-0.2, -0.15) is 0 Å². The summed E-state index contributed by atoms with van der Waals surface area (Å²) in [4.78, 5) is 11.1. The number of carbonyl (C=O) groups is 1. The molecule has 0 spiro atoms. The molecule has 0 radical (unpaired) electrons. The molecule has 142 valence electrons. The Labute approximate surface area is 157 Å². The molecule has 2 atom stereocenters. The number of benzene rings is 1. The summed E-state index contributed by atoms with van der Waals surface area (Å²) in [7, 11) is 0. The molecule has 1 aromatic carbocycles. The Morgan fingerprint density at radius 3 is 2.62 bits per heavy atom. The van der Waals surface area contributed by atoms with Gasteiger partial charge in [0.1, 0.15) is 12.7 Å². The average molecular weight is 357 g/mol. The molecule has 2 unspecified atom stereocenters. The van der Waals surface area contributed by atoms with E-state index in [-0.39, 0.29) is 6.61 Å². The number of nitrogens with one attached hydrogen (secondary N) is 1. The third-order valence-corrected chi connectivity index (χ3v) is 4.69. The molecule has 0 aliphatic carbocycles. The monoisotopic (exact) mass is 357 g/mol. The number of aliphatic hydroxyl groups is 1. The van der Waals surface area contributed by atoms with Crippen LogP contribution in [0.2, 0.25) is 0 Å². The van der Waals surface area contributed by atoms with E-state index in [0.717, 1.165) is 24.0 Å². The molecule has 26 heavy (non-hydrogen) atoms. The number of carbonyl (C=O) groups excluding carboxylic acids is 1. The van der Waals surface area contributed by atoms with Crippen molar-refractivity contribution in [2.45, 2.75) is 76.9 Å². The van der Waals surface area contributed by atoms with Crippen LogP contribution in [0.15, 0.2) is 24.3 Å². The highest BCUT2D eigenvalue weighted by Gasteiger charge is 2.29. The fourth-order valence-corrected chi connectivity index (χ4v) is 3.11. The first-order valence-electron chi connectivity index (χ1n) is 9.91. The highest BCUT2D eigenvalue weighted by molar-refractivity contribution is 5.69. The minimum atomic E-state index is -0.782. The van der Waals surface area contributed by atoms with Gasteiger partial charge in [0.15, 0.2) is 0 Å². The number of cyclic esters (lactones) is 1. The fourth-order valence-electron chi connectivity index (χ4n) is 3.11. The molecule has 1 aliphatic heterocycles. The molecule has 1 fully saturated rings. The molecule has 4 heteroatoms. The summed E-state index contributed by atoms with van der Waals surface area (Å²) >= 11 is 0. The average Bonchev–Trinajstić information content (AvgIpc) is 3.09. The molecule has 1 amide bonds. The zero-order valence-electron chi connectivity index (χ0n) is 15.8. The molecule has 4 nitrogen and oxygen atoms in total. The Bertz CT molecular complexity index is 617. The second-order valence-corrected chi connectivity index (χ2v) is 6.95. The Balaban J connectivity index is 1.70. The maximum atomic E-state index is 11.1. The first-order chi connectivity index (χ1) is 12.7. The predicted octanol–water partition coefficient (Wildman–Crippen LogP) is 4.71. The van der Waals surface area contributed by atoms with Gasteiger partial charge in [-0.15, -0.1) is 0 Å². The van der Waals surface area contributed by atoms with Gasteiger partial charge in [0.25, 0.3) is 0 Å². The van der Waals surface area contributed by atoms with Crippen LogP contribution in [0.25, 0.3) is 0 Å². The quantitative estimate of drug-likeness (QED) is 0.471. The molecule has 1 aromatic rings. The summed E-state index contributed by atoms with van der Waals surface area (Å²) in [5, 5.41) is 13.0. The maximum Gasteiger partial charge on any atom is 0.407 e. The van der Waals surface area contributed by atoms with Gasteiger partial charge in [-0.25, -0.2) is 4.79 Å². The number of ether oxygens (including phenoxy) is 1. The second-order valence-electron chi connectivity index (χ2n) is 6.95. The summed E-state index contributed by atoms with van der Waals surface area (Å²) in [6.07, 6.45) is 10.1. The van der Waals surface area contributed by atoms with Crippen LogP contribution >= 0.6 is 0 Å². The van der Waals surface area contributed by atoms with Crippen LogP contribution in [0.1, 0.15) is 81.9 Å². The number of rotatable bonds is 10. The van der Waals surface area contributed by atoms with Gasteiger partial charge in [-0.3, -0.25) is 0 Å². The number of hydrogen-bond acceptors (Lipinski definition) is 3. The largest absolute Gasteiger partial charge is 0.447 e. The van der Waals surface area contributed by atoms with Gasteiger partial charge >= 0.3 is 6.09 Å². The highest BCUT2D eigenvalue weighted by Crippen LogP contribution is 2.20. The van der Waals surface area contributed by atoms with Gasteiger partial charge in [0.2, 0.25) is 0 Å². The topological polar surface area (TPSA) is 58.6 Å². The zero-order valence-corrected chi connectivity index (χ0v) is 15.8. The predicted molar refractivity (Wildman–Crippen MR) is 104 cm³/mol. The van der Waals surface area contributed by atoms with Crippen molar-refractivity contribution < 1.29 is 14.6 Å². The van der Waals surface area contributed by atoms with Crippen LogP contribution in [0, 0.1) is 11.8 Å². The number of alkyl carbamates (subject to hydrolysis) is 1. The fraction of sp³-hybridized carbons (Fsp3) is 0.591. The summed E-state index contributed by atoms with van der Waals surface area (Å²) in [5.41, 5.74) is 1.64. The first-order valence-corrected chi connectivity index (χ1v) is 9.91. The molecular formula is C22H31NO3. The van der Waals surface area contributed by atoms with Gasteiger partial charge in [0.05, 0.1) is 6.04 Å². The summed E-state index contributed by atoms with van der Waals surface area (Å²) in [6, 6.07) is 7.16. The van der Waals surface area contributed by atoms with Crippen LogP contribution in [-0.2, 0) is 4.74 Å². The number of hydrogen-bond donors (Lipinski definition) is 2. The van der Waals surface area contributed by atoms with E-state index in [9.17, 15) is 9.90 Å². The van der Waals surface area contributed by atoms with E-state index in [0.29, 0.717) is 0 Å². The smallest absolute Gasteiger partial charge is 0.407 e. The Morgan fingerprint density at radius 1 is 1.19 bits per heavy atom. The molecule has 1 heterocycles. The third-order valence-electron chi connectivity index (χ3n) is 4.69. The van der Waals surface area contributed by atoms with Crippen LogP contribution in [0.5, 0.6) is 0 Å². The maximum absolute atomic E-state index is 11.1. The lowest BCUT2D eigenvalue weighted by Crippen LogP contribution is -2.32. The van der Waals surface area contributed by atoms with Crippen molar-refractivity contribution in [3.05, 3.63) is 35.4 Å². The van der Waals surface area contributed by atoms with Crippen molar-refractivity contribution in [3.8, 4) is 11.8 Å². The SMILES string of the molecule is CCCCCCCCCCC#Cc1cccc(C(O)C2COC(=O)N2)c1. The lowest BCUT2D eigenvalue weighted by molar-refractivity contribution is 0.125. The van der Waals surface area contributed by atoms with Crippen molar-refractivity contribution in [3.63, 3.8) is 0 Å². The lowest BCUT2D eigenvalue weighted by Gasteiger charge is -2.16. The van der Waals surface area contributed by atoms with E-state index >= 15 is 0 Å². The van der Waals surface area contributed by atoms with E-state index in [1.165, 1.54) is 44.9 Å². The minimum absolute atomic E-state index is 0.189. The van der Waals surface area contributed by atoms with Crippen molar-refractivity contribution in [1.82, 2.24) is 5.32 Å². The van der Waals surface area contributed by atoms with Crippen molar-refractivity contribution in [2.75, 3.05) is 6.61 Å². The van der Waals surface area contributed by atoms with Crippen molar-refractivity contribution >= 4 is 6.09 Å². The second kappa shape index (κ2) is 11.6. The summed E-state index contributed by atoms with van der Waals surface area (Å²) < 4.78 is 4.84. The number of unbranched alkanes of at least 4 members (excludes halogenated alkanes) is 8. The van der Waals surface area contributed by atoms with Crippen LogP contribution in [0.3, 0.4) is 0 Å². The lowest BCUT2D eigenvalue weighted by atomic mass is 10.0. The summed E-state index contributed by atoms with van der Waals surface area (Å²) in [6.45, 7) is 2.43. The molecular weight excluding hydrogens is 326 g/mol. The minimum Gasteiger partial charge on any atom is -0.447 e. The molecule has 0 saturated carbocycles.